The van der Waals surface area contributed by atoms with Gasteiger partial charge in [0.25, 0.3) is 0 Å². The second-order valence-electron chi connectivity index (χ2n) is 2.60. The highest BCUT2D eigenvalue weighted by molar-refractivity contribution is 9.10. The second-order valence-corrected chi connectivity index (χ2v) is 3.45. The van der Waals surface area contributed by atoms with Crippen LogP contribution in [-0.2, 0) is 4.79 Å². The van der Waals surface area contributed by atoms with Crippen LogP contribution in [-0.4, -0.2) is 19.6 Å². The van der Waals surface area contributed by atoms with E-state index in [9.17, 15) is 4.79 Å². The van der Waals surface area contributed by atoms with Crippen molar-refractivity contribution in [3.63, 3.8) is 0 Å². The van der Waals surface area contributed by atoms with Gasteiger partial charge in [0.15, 0.2) is 0 Å². The van der Waals surface area contributed by atoms with E-state index in [0.29, 0.717) is 5.69 Å². The topological polar surface area (TPSA) is 64.3 Å². The van der Waals surface area contributed by atoms with Crippen LogP contribution in [0.1, 0.15) is 0 Å². The number of nitrogens with two attached hydrogens (primary N) is 1. The molecule has 0 atom stereocenters. The smallest absolute Gasteiger partial charge is 0.238 e. The molecule has 4 nitrogen and oxygen atoms in total. The summed E-state index contributed by atoms with van der Waals surface area (Å²) in [7, 11) is 1.58. The van der Waals surface area contributed by atoms with Gasteiger partial charge in [-0.2, -0.15) is 0 Å². The predicted molar refractivity (Wildman–Crippen MR) is 58.4 cm³/mol. The van der Waals surface area contributed by atoms with Crippen LogP contribution in [0.25, 0.3) is 0 Å². The maximum atomic E-state index is 11.0. The van der Waals surface area contributed by atoms with Crippen molar-refractivity contribution >= 4 is 27.5 Å². The van der Waals surface area contributed by atoms with Crippen LogP contribution >= 0.6 is 15.9 Å². The molecule has 0 heterocycles. The van der Waals surface area contributed by atoms with Crippen molar-refractivity contribution < 1.29 is 9.53 Å². The summed E-state index contributed by atoms with van der Waals surface area (Å²) in [5.74, 6) is 0.499. The van der Waals surface area contributed by atoms with Crippen molar-refractivity contribution in [3.8, 4) is 5.75 Å². The Morgan fingerprint density at radius 1 is 1.64 bits per heavy atom. The minimum Gasteiger partial charge on any atom is -0.497 e. The molecule has 0 radical (unpaired) electrons. The largest absolute Gasteiger partial charge is 0.497 e. The Hall–Kier alpha value is -1.07. The molecule has 0 bridgehead atoms. The highest BCUT2D eigenvalue weighted by atomic mass is 79.9. The van der Waals surface area contributed by atoms with Crippen molar-refractivity contribution in [3.05, 3.63) is 22.7 Å². The molecule has 0 aliphatic rings. The van der Waals surface area contributed by atoms with Gasteiger partial charge in [-0.15, -0.1) is 0 Å². The van der Waals surface area contributed by atoms with E-state index in [1.165, 1.54) is 0 Å². The first kappa shape index (κ1) is 11.0. The zero-order valence-corrected chi connectivity index (χ0v) is 9.30. The molecule has 0 unspecified atom stereocenters. The van der Waals surface area contributed by atoms with Gasteiger partial charge in [-0.3, -0.25) is 4.79 Å². The monoisotopic (exact) mass is 258 g/mol. The first-order valence-electron chi connectivity index (χ1n) is 4.01. The average Bonchev–Trinajstić information content (AvgIpc) is 2.20. The number of methoxy groups -OCH3 is 1. The molecule has 0 saturated carbocycles. The van der Waals surface area contributed by atoms with Gasteiger partial charge in [0.2, 0.25) is 5.91 Å². The number of rotatable bonds is 3. The lowest BCUT2D eigenvalue weighted by Crippen LogP contribution is -2.21. The molecule has 0 aliphatic heterocycles. The van der Waals surface area contributed by atoms with Crippen molar-refractivity contribution in [2.45, 2.75) is 0 Å². The Morgan fingerprint density at radius 3 is 2.86 bits per heavy atom. The fourth-order valence-corrected chi connectivity index (χ4v) is 1.38. The summed E-state index contributed by atoms with van der Waals surface area (Å²) in [6.45, 7) is -0.0293. The fraction of sp³-hybridized carbons (Fsp3) is 0.222. The summed E-state index contributed by atoms with van der Waals surface area (Å²) in [6.07, 6.45) is 0. The molecule has 1 aromatic carbocycles. The third kappa shape index (κ3) is 2.71. The van der Waals surface area contributed by atoms with Crippen molar-refractivity contribution in [1.82, 2.24) is 0 Å². The molecule has 5 heteroatoms. The van der Waals surface area contributed by atoms with Crippen LogP contribution in [0.2, 0.25) is 0 Å². The van der Waals surface area contributed by atoms with Crippen LogP contribution in [0.4, 0.5) is 5.69 Å². The van der Waals surface area contributed by atoms with E-state index < -0.39 is 0 Å². The third-order valence-corrected chi connectivity index (χ3v) is 2.29. The first-order chi connectivity index (χ1) is 6.67. The number of ether oxygens (including phenoxy) is 1. The van der Waals surface area contributed by atoms with Gasteiger partial charge in [-0.1, -0.05) is 0 Å². The summed E-state index contributed by atoms with van der Waals surface area (Å²) in [4.78, 5) is 11.0. The van der Waals surface area contributed by atoms with Crippen LogP contribution in [0.3, 0.4) is 0 Å². The molecule has 0 aliphatic carbocycles. The molecule has 0 fully saturated rings. The molecular weight excluding hydrogens is 248 g/mol. The minimum atomic E-state index is -0.226. The van der Waals surface area contributed by atoms with Gasteiger partial charge in [0.1, 0.15) is 5.75 Å². The van der Waals surface area contributed by atoms with E-state index in [2.05, 4.69) is 21.2 Å². The highest BCUT2D eigenvalue weighted by Gasteiger charge is 2.04. The molecule has 14 heavy (non-hydrogen) atoms. The molecule has 1 rings (SSSR count). The maximum absolute atomic E-state index is 11.0. The Morgan fingerprint density at radius 2 is 2.36 bits per heavy atom. The summed E-state index contributed by atoms with van der Waals surface area (Å²) >= 11 is 3.31. The molecule has 3 N–H and O–H groups in total. The molecular formula is C9H11BrN2O2. The van der Waals surface area contributed by atoms with E-state index in [4.69, 9.17) is 10.5 Å². The van der Waals surface area contributed by atoms with Crippen LogP contribution in [0, 0.1) is 0 Å². The average molecular weight is 259 g/mol. The normalized spacial score (nSPS) is 9.64. The van der Waals surface area contributed by atoms with Gasteiger partial charge >= 0.3 is 0 Å². The van der Waals surface area contributed by atoms with E-state index in [0.717, 1.165) is 10.2 Å². The van der Waals surface area contributed by atoms with Gasteiger partial charge < -0.3 is 15.8 Å². The minimum absolute atomic E-state index is 0.0293. The van der Waals surface area contributed by atoms with E-state index in [1.807, 2.05) is 0 Å². The van der Waals surface area contributed by atoms with Crippen molar-refractivity contribution in [2.75, 3.05) is 19.0 Å². The number of amides is 1. The number of carbonyl (C=O) groups excluding carboxylic acids is 1. The number of hydrogen-bond donors (Lipinski definition) is 2. The highest BCUT2D eigenvalue weighted by Crippen LogP contribution is 2.26. The summed E-state index contributed by atoms with van der Waals surface area (Å²) in [5, 5.41) is 2.64. The zero-order valence-electron chi connectivity index (χ0n) is 7.71. The molecule has 1 aromatic rings. The van der Waals surface area contributed by atoms with Gasteiger partial charge in [0.05, 0.1) is 19.3 Å². The lowest BCUT2D eigenvalue weighted by atomic mass is 10.3. The summed E-state index contributed by atoms with van der Waals surface area (Å²) < 4.78 is 5.78. The zero-order chi connectivity index (χ0) is 10.6. The van der Waals surface area contributed by atoms with E-state index in [1.54, 1.807) is 25.3 Å². The number of carbonyl (C=O) groups is 1. The van der Waals surface area contributed by atoms with Gasteiger partial charge in [0, 0.05) is 4.47 Å². The van der Waals surface area contributed by atoms with E-state index >= 15 is 0 Å². The number of hydrogen-bond acceptors (Lipinski definition) is 3. The maximum Gasteiger partial charge on any atom is 0.238 e. The van der Waals surface area contributed by atoms with Gasteiger partial charge in [-0.05, 0) is 34.1 Å². The standard InChI is InChI=1S/C9H11BrN2O2/c1-14-6-2-3-8(7(10)4-6)12-9(13)5-11/h2-4H,5,11H2,1H3,(H,12,13). The molecule has 0 aromatic heterocycles. The van der Waals surface area contributed by atoms with Crippen molar-refractivity contribution in [2.24, 2.45) is 5.73 Å². The number of nitrogens with one attached hydrogen (secondary N) is 1. The quantitative estimate of drug-likeness (QED) is 0.861. The molecule has 76 valence electrons. The first-order valence-corrected chi connectivity index (χ1v) is 4.80. The lowest BCUT2D eigenvalue weighted by Gasteiger charge is -2.07. The van der Waals surface area contributed by atoms with Crippen LogP contribution in [0.5, 0.6) is 5.75 Å². The van der Waals surface area contributed by atoms with Crippen LogP contribution in [0.15, 0.2) is 22.7 Å². The Kier molecular flexibility index (Phi) is 3.91. The molecule has 0 saturated heterocycles. The Balaban J connectivity index is 2.83. The second kappa shape index (κ2) is 4.97. The lowest BCUT2D eigenvalue weighted by molar-refractivity contribution is -0.114. The SMILES string of the molecule is COc1ccc(NC(=O)CN)c(Br)c1. The summed E-state index contributed by atoms with van der Waals surface area (Å²) in [5.41, 5.74) is 5.86. The summed E-state index contributed by atoms with van der Waals surface area (Å²) in [6, 6.07) is 5.28. The van der Waals surface area contributed by atoms with Gasteiger partial charge in [-0.25, -0.2) is 0 Å². The fourth-order valence-electron chi connectivity index (χ4n) is 0.925. The number of benzene rings is 1. The Bertz CT molecular complexity index is 342. The molecule has 0 spiro atoms. The number of halogens is 1. The Labute approximate surface area is 90.6 Å². The number of anilines is 1. The predicted octanol–water partition coefficient (Wildman–Crippen LogP) is 1.35. The van der Waals surface area contributed by atoms with Crippen molar-refractivity contribution in [1.29, 1.82) is 0 Å². The third-order valence-electron chi connectivity index (χ3n) is 1.64. The van der Waals surface area contributed by atoms with Crippen LogP contribution < -0.4 is 15.8 Å². The van der Waals surface area contributed by atoms with E-state index in [-0.39, 0.29) is 12.5 Å². The molecule has 1 amide bonds.